The maximum Gasteiger partial charge on any atom is 0.150 e. The Morgan fingerprint density at radius 1 is 1.00 bits per heavy atom. The highest BCUT2D eigenvalue weighted by Crippen LogP contribution is 2.15. The molecule has 0 unspecified atom stereocenters. The lowest BCUT2D eigenvalue weighted by Gasteiger charge is -1.97. The number of aromatic hydroxyl groups is 1. The van der Waals surface area contributed by atoms with Gasteiger partial charge in [0.15, 0.2) is 0 Å². The second kappa shape index (κ2) is 7.85. The van der Waals surface area contributed by atoms with E-state index in [1.165, 1.54) is 0 Å². The molecule has 1 N–H and O–H groups in total. The number of aldehydes is 1. The van der Waals surface area contributed by atoms with Gasteiger partial charge in [-0.25, -0.2) is 0 Å². The zero-order chi connectivity index (χ0) is 13.2. The molecule has 2 rings (SSSR count). The smallest absolute Gasteiger partial charge is 0.150 e. The van der Waals surface area contributed by atoms with Gasteiger partial charge in [-0.05, 0) is 18.1 Å². The minimum atomic E-state index is 0.349. The molecular formula is C16H16O2. The van der Waals surface area contributed by atoms with E-state index in [0.717, 1.165) is 23.8 Å². The first-order valence-corrected chi connectivity index (χ1v) is 5.66. The fourth-order valence-corrected chi connectivity index (χ4v) is 1.37. The standard InChI is InChI=1S/C9H10O.C7H6O/c1-2-5-8-6-3-4-7-9(8)10;8-6-7-4-2-1-3-5-7/h2-4,6-7,10H,1,5H2;1-6H. The number of hydrogen-bond acceptors (Lipinski definition) is 2. The van der Waals surface area contributed by atoms with Gasteiger partial charge in [-0.3, -0.25) is 4.79 Å². The van der Waals surface area contributed by atoms with Gasteiger partial charge in [0.25, 0.3) is 0 Å². The van der Waals surface area contributed by atoms with Crippen LogP contribution < -0.4 is 0 Å². The quantitative estimate of drug-likeness (QED) is 0.657. The predicted molar refractivity (Wildman–Crippen MR) is 73.8 cm³/mol. The highest BCUT2D eigenvalue weighted by Gasteiger charge is 1.93. The molecule has 0 aliphatic rings. The van der Waals surface area contributed by atoms with E-state index < -0.39 is 0 Å². The van der Waals surface area contributed by atoms with Crippen molar-refractivity contribution < 1.29 is 9.90 Å². The molecule has 2 nitrogen and oxygen atoms in total. The van der Waals surface area contributed by atoms with E-state index in [1.807, 2.05) is 36.4 Å². The molecular weight excluding hydrogens is 224 g/mol. The normalized spacial score (nSPS) is 8.89. The summed E-state index contributed by atoms with van der Waals surface area (Å²) in [5.41, 5.74) is 1.66. The van der Waals surface area contributed by atoms with Crippen molar-refractivity contribution in [1.82, 2.24) is 0 Å². The summed E-state index contributed by atoms with van der Waals surface area (Å²) in [6.07, 6.45) is 3.34. The molecule has 0 aromatic heterocycles. The molecule has 0 aliphatic heterocycles. The minimum absolute atomic E-state index is 0.349. The second-order valence-corrected chi connectivity index (χ2v) is 3.65. The Balaban J connectivity index is 0.000000184. The minimum Gasteiger partial charge on any atom is -0.508 e. The van der Waals surface area contributed by atoms with Crippen molar-refractivity contribution in [3.8, 4) is 5.75 Å². The molecule has 0 radical (unpaired) electrons. The molecule has 2 aromatic carbocycles. The van der Waals surface area contributed by atoms with Gasteiger partial charge in [-0.2, -0.15) is 0 Å². The molecule has 2 aromatic rings. The Morgan fingerprint density at radius 3 is 2.11 bits per heavy atom. The van der Waals surface area contributed by atoms with Gasteiger partial charge in [-0.15, -0.1) is 6.58 Å². The zero-order valence-electron chi connectivity index (χ0n) is 10.1. The van der Waals surface area contributed by atoms with Crippen LogP contribution in [0.5, 0.6) is 5.75 Å². The van der Waals surface area contributed by atoms with E-state index in [0.29, 0.717) is 5.75 Å². The van der Waals surface area contributed by atoms with E-state index in [4.69, 9.17) is 0 Å². The fourth-order valence-electron chi connectivity index (χ4n) is 1.37. The average Bonchev–Trinajstić information content (AvgIpc) is 2.43. The number of phenols is 1. The van der Waals surface area contributed by atoms with Crippen molar-refractivity contribution in [3.05, 3.63) is 78.4 Å². The molecule has 0 saturated heterocycles. The van der Waals surface area contributed by atoms with E-state index in [9.17, 15) is 9.90 Å². The molecule has 92 valence electrons. The molecule has 0 aliphatic carbocycles. The van der Waals surface area contributed by atoms with Crippen LogP contribution in [0.2, 0.25) is 0 Å². The van der Waals surface area contributed by atoms with Gasteiger partial charge in [0.1, 0.15) is 12.0 Å². The van der Waals surface area contributed by atoms with E-state index >= 15 is 0 Å². The third-order valence-corrected chi connectivity index (χ3v) is 2.29. The molecule has 0 atom stereocenters. The molecule has 18 heavy (non-hydrogen) atoms. The third kappa shape index (κ3) is 4.66. The van der Waals surface area contributed by atoms with Crippen molar-refractivity contribution in [2.45, 2.75) is 6.42 Å². The number of carbonyl (C=O) groups is 1. The third-order valence-electron chi connectivity index (χ3n) is 2.29. The number of carbonyl (C=O) groups excluding carboxylic acids is 1. The summed E-state index contributed by atoms with van der Waals surface area (Å²) in [6, 6.07) is 16.4. The summed E-state index contributed by atoms with van der Waals surface area (Å²) in [5, 5.41) is 9.19. The van der Waals surface area contributed by atoms with Gasteiger partial charge in [0.05, 0.1) is 0 Å². The number of allylic oxidation sites excluding steroid dienone is 1. The van der Waals surface area contributed by atoms with Crippen LogP contribution in [0.1, 0.15) is 15.9 Å². The lowest BCUT2D eigenvalue weighted by atomic mass is 10.1. The Hall–Kier alpha value is -2.35. The summed E-state index contributed by atoms with van der Waals surface area (Å²) in [6.45, 7) is 3.59. The van der Waals surface area contributed by atoms with Crippen molar-refractivity contribution in [1.29, 1.82) is 0 Å². The van der Waals surface area contributed by atoms with Crippen LogP contribution in [-0.2, 0) is 6.42 Å². The lowest BCUT2D eigenvalue weighted by Crippen LogP contribution is -1.79. The molecule has 0 heterocycles. The van der Waals surface area contributed by atoms with Crippen LogP contribution in [0.25, 0.3) is 0 Å². The van der Waals surface area contributed by atoms with Crippen LogP contribution in [0.4, 0.5) is 0 Å². The molecule has 0 saturated carbocycles. The van der Waals surface area contributed by atoms with Gasteiger partial charge in [0, 0.05) is 5.56 Å². The molecule has 0 bridgehead atoms. The van der Waals surface area contributed by atoms with Crippen molar-refractivity contribution in [2.24, 2.45) is 0 Å². The fraction of sp³-hybridized carbons (Fsp3) is 0.0625. The topological polar surface area (TPSA) is 37.3 Å². The monoisotopic (exact) mass is 240 g/mol. The highest BCUT2D eigenvalue weighted by atomic mass is 16.3. The maximum atomic E-state index is 10.0. The van der Waals surface area contributed by atoms with Crippen molar-refractivity contribution >= 4 is 6.29 Å². The Morgan fingerprint density at radius 2 is 1.61 bits per heavy atom. The zero-order valence-corrected chi connectivity index (χ0v) is 10.1. The summed E-state index contributed by atoms with van der Waals surface area (Å²) < 4.78 is 0. The maximum absolute atomic E-state index is 10.0. The summed E-state index contributed by atoms with van der Waals surface area (Å²) in [4.78, 5) is 10.0. The van der Waals surface area contributed by atoms with Gasteiger partial charge in [0.2, 0.25) is 0 Å². The largest absolute Gasteiger partial charge is 0.508 e. The van der Waals surface area contributed by atoms with E-state index in [2.05, 4.69) is 6.58 Å². The van der Waals surface area contributed by atoms with Crippen LogP contribution in [-0.4, -0.2) is 11.4 Å². The van der Waals surface area contributed by atoms with Crippen LogP contribution >= 0.6 is 0 Å². The molecule has 2 heteroatoms. The van der Waals surface area contributed by atoms with E-state index in [1.54, 1.807) is 24.3 Å². The average molecular weight is 240 g/mol. The van der Waals surface area contributed by atoms with Crippen LogP contribution in [0, 0.1) is 0 Å². The van der Waals surface area contributed by atoms with Crippen LogP contribution in [0.3, 0.4) is 0 Å². The SMILES string of the molecule is C=CCc1ccccc1O.O=Cc1ccccc1. The van der Waals surface area contributed by atoms with Crippen molar-refractivity contribution in [3.63, 3.8) is 0 Å². The van der Waals surface area contributed by atoms with Crippen molar-refractivity contribution in [2.75, 3.05) is 0 Å². The van der Waals surface area contributed by atoms with E-state index in [-0.39, 0.29) is 0 Å². The summed E-state index contributed by atoms with van der Waals surface area (Å²) in [5.74, 6) is 0.349. The number of phenolic OH excluding ortho intramolecular Hbond substituents is 1. The summed E-state index contributed by atoms with van der Waals surface area (Å²) >= 11 is 0. The number of rotatable bonds is 3. The van der Waals surface area contributed by atoms with Crippen LogP contribution in [0.15, 0.2) is 67.3 Å². The number of benzene rings is 2. The first-order valence-electron chi connectivity index (χ1n) is 5.66. The first kappa shape index (κ1) is 13.7. The summed E-state index contributed by atoms with van der Waals surface area (Å²) in [7, 11) is 0. The second-order valence-electron chi connectivity index (χ2n) is 3.65. The lowest BCUT2D eigenvalue weighted by molar-refractivity contribution is 0.112. The Bertz CT molecular complexity index is 489. The predicted octanol–water partition coefficient (Wildman–Crippen LogP) is 3.62. The highest BCUT2D eigenvalue weighted by molar-refractivity contribution is 5.74. The Labute approximate surface area is 107 Å². The molecule has 0 fully saturated rings. The van der Waals surface area contributed by atoms with Gasteiger partial charge >= 0.3 is 0 Å². The number of hydrogen-bond donors (Lipinski definition) is 1. The molecule has 0 spiro atoms. The number of para-hydroxylation sites is 1. The van der Waals surface area contributed by atoms with Gasteiger partial charge in [-0.1, -0.05) is 54.6 Å². The Kier molecular flexibility index (Phi) is 5.98. The van der Waals surface area contributed by atoms with Gasteiger partial charge < -0.3 is 5.11 Å². The first-order chi connectivity index (χ1) is 8.77. The molecule has 0 amide bonds.